The topological polar surface area (TPSA) is 47.7 Å². The predicted molar refractivity (Wildman–Crippen MR) is 85.7 cm³/mol. The van der Waals surface area contributed by atoms with Crippen LogP contribution in [0.25, 0.3) is 0 Å². The van der Waals surface area contributed by atoms with Gasteiger partial charge in [-0.3, -0.25) is 0 Å². The van der Waals surface area contributed by atoms with Crippen molar-refractivity contribution in [1.29, 1.82) is 0 Å². The van der Waals surface area contributed by atoms with Crippen LogP contribution in [0, 0.1) is 0 Å². The molecule has 1 heterocycles. The molecule has 0 amide bonds. The minimum atomic E-state index is 0.197. The standard InChI is InChI=1S/C15H22N2O2S/c1-4-11-9-19-10(2)8-17(11)14-7-12(18-3)5-6-13(14)15(16)20/h5-7,10-11H,4,8-9H2,1-3H3,(H2,16,20). The van der Waals surface area contributed by atoms with E-state index in [1.807, 2.05) is 18.2 Å². The fourth-order valence-electron chi connectivity index (χ4n) is 2.56. The van der Waals surface area contributed by atoms with E-state index in [4.69, 9.17) is 27.4 Å². The number of hydrogen-bond acceptors (Lipinski definition) is 4. The van der Waals surface area contributed by atoms with Gasteiger partial charge in [0, 0.05) is 18.2 Å². The molecule has 1 fully saturated rings. The maximum absolute atomic E-state index is 5.87. The van der Waals surface area contributed by atoms with E-state index in [9.17, 15) is 0 Å². The van der Waals surface area contributed by atoms with Crippen molar-refractivity contribution >= 4 is 22.9 Å². The number of nitrogens with two attached hydrogens (primary N) is 1. The lowest BCUT2D eigenvalue weighted by atomic mass is 10.1. The molecule has 0 spiro atoms. The van der Waals surface area contributed by atoms with Gasteiger partial charge < -0.3 is 20.1 Å². The monoisotopic (exact) mass is 294 g/mol. The van der Waals surface area contributed by atoms with Crippen LogP contribution in [-0.2, 0) is 4.74 Å². The maximum atomic E-state index is 5.87. The van der Waals surface area contributed by atoms with Gasteiger partial charge in [-0.2, -0.15) is 0 Å². The molecular weight excluding hydrogens is 272 g/mol. The van der Waals surface area contributed by atoms with Crippen molar-refractivity contribution in [2.24, 2.45) is 5.73 Å². The third kappa shape index (κ3) is 3.04. The summed E-state index contributed by atoms with van der Waals surface area (Å²) in [6.07, 6.45) is 1.21. The Morgan fingerprint density at radius 3 is 2.90 bits per heavy atom. The van der Waals surface area contributed by atoms with E-state index in [0.29, 0.717) is 11.0 Å². The molecule has 0 aromatic heterocycles. The van der Waals surface area contributed by atoms with Crippen LogP contribution in [-0.4, -0.2) is 37.4 Å². The van der Waals surface area contributed by atoms with Gasteiger partial charge >= 0.3 is 0 Å². The van der Waals surface area contributed by atoms with Gasteiger partial charge in [0.25, 0.3) is 0 Å². The van der Waals surface area contributed by atoms with Crippen molar-refractivity contribution in [3.05, 3.63) is 23.8 Å². The largest absolute Gasteiger partial charge is 0.497 e. The lowest BCUT2D eigenvalue weighted by Gasteiger charge is -2.40. The minimum absolute atomic E-state index is 0.197. The van der Waals surface area contributed by atoms with Crippen molar-refractivity contribution in [1.82, 2.24) is 0 Å². The first kappa shape index (κ1) is 15.1. The summed E-state index contributed by atoms with van der Waals surface area (Å²) in [5, 5.41) is 0. The van der Waals surface area contributed by atoms with Crippen LogP contribution >= 0.6 is 12.2 Å². The molecule has 0 saturated carbocycles. The molecule has 0 bridgehead atoms. The van der Waals surface area contributed by atoms with E-state index in [1.54, 1.807) is 7.11 Å². The summed E-state index contributed by atoms with van der Waals surface area (Å²) in [5.74, 6) is 0.814. The number of hydrogen-bond donors (Lipinski definition) is 1. The fraction of sp³-hybridized carbons (Fsp3) is 0.533. The van der Waals surface area contributed by atoms with Gasteiger partial charge in [-0.25, -0.2) is 0 Å². The number of thiocarbonyl (C=S) groups is 1. The summed E-state index contributed by atoms with van der Waals surface area (Å²) in [5.41, 5.74) is 7.80. The first-order chi connectivity index (χ1) is 9.56. The van der Waals surface area contributed by atoms with Crippen molar-refractivity contribution in [2.45, 2.75) is 32.4 Å². The number of methoxy groups -OCH3 is 1. The third-order valence-corrected chi connectivity index (χ3v) is 3.94. The Morgan fingerprint density at radius 1 is 1.55 bits per heavy atom. The normalized spacial score (nSPS) is 22.6. The van der Waals surface area contributed by atoms with Crippen LogP contribution in [0.5, 0.6) is 5.75 Å². The molecular formula is C15H22N2O2S. The molecule has 1 aromatic rings. The molecule has 2 unspecified atom stereocenters. The van der Waals surface area contributed by atoms with E-state index >= 15 is 0 Å². The zero-order valence-corrected chi connectivity index (χ0v) is 13.1. The van der Waals surface area contributed by atoms with E-state index in [1.165, 1.54) is 0 Å². The molecule has 110 valence electrons. The quantitative estimate of drug-likeness (QED) is 0.864. The molecule has 0 radical (unpaired) electrons. The second-order valence-electron chi connectivity index (χ2n) is 5.11. The second kappa shape index (κ2) is 6.41. The molecule has 1 aromatic carbocycles. The van der Waals surface area contributed by atoms with Gasteiger partial charge in [0.2, 0.25) is 0 Å². The van der Waals surface area contributed by atoms with Crippen LogP contribution in [0.3, 0.4) is 0 Å². The first-order valence-electron chi connectivity index (χ1n) is 6.92. The molecule has 2 atom stereocenters. The summed E-state index contributed by atoms with van der Waals surface area (Å²) in [7, 11) is 1.67. The molecule has 2 rings (SSSR count). The molecule has 1 aliphatic heterocycles. The number of ether oxygens (including phenoxy) is 2. The number of rotatable bonds is 4. The Kier molecular flexibility index (Phi) is 4.83. The van der Waals surface area contributed by atoms with Gasteiger partial charge in [-0.1, -0.05) is 19.1 Å². The smallest absolute Gasteiger partial charge is 0.120 e. The summed E-state index contributed by atoms with van der Waals surface area (Å²) in [6.45, 7) is 5.81. The summed E-state index contributed by atoms with van der Waals surface area (Å²) < 4.78 is 11.1. The van der Waals surface area contributed by atoms with E-state index in [0.717, 1.165) is 36.6 Å². The van der Waals surface area contributed by atoms with Crippen molar-refractivity contribution in [3.8, 4) is 5.75 Å². The molecule has 1 aliphatic rings. The Labute approximate surface area is 125 Å². The number of nitrogens with zero attached hydrogens (tertiary/aromatic N) is 1. The van der Waals surface area contributed by atoms with Crippen LogP contribution < -0.4 is 15.4 Å². The molecule has 0 aliphatic carbocycles. The summed E-state index contributed by atoms with van der Waals surface area (Å²) >= 11 is 5.18. The van der Waals surface area contributed by atoms with Crippen LogP contribution in [0.15, 0.2) is 18.2 Å². The molecule has 4 nitrogen and oxygen atoms in total. The fourth-order valence-corrected chi connectivity index (χ4v) is 2.73. The molecule has 1 saturated heterocycles. The second-order valence-corrected chi connectivity index (χ2v) is 5.55. The Morgan fingerprint density at radius 2 is 2.30 bits per heavy atom. The highest BCUT2D eigenvalue weighted by molar-refractivity contribution is 7.80. The maximum Gasteiger partial charge on any atom is 0.120 e. The van der Waals surface area contributed by atoms with Gasteiger partial charge in [0.1, 0.15) is 10.7 Å². The van der Waals surface area contributed by atoms with Crippen molar-refractivity contribution < 1.29 is 9.47 Å². The average Bonchev–Trinajstić information content (AvgIpc) is 2.46. The highest BCUT2D eigenvalue weighted by atomic mass is 32.1. The lowest BCUT2D eigenvalue weighted by molar-refractivity contribution is 0.0299. The minimum Gasteiger partial charge on any atom is -0.497 e. The van der Waals surface area contributed by atoms with Crippen molar-refractivity contribution in [2.75, 3.05) is 25.2 Å². The predicted octanol–water partition coefficient (Wildman–Crippen LogP) is 2.33. The molecule has 20 heavy (non-hydrogen) atoms. The first-order valence-corrected chi connectivity index (χ1v) is 7.33. The van der Waals surface area contributed by atoms with E-state index < -0.39 is 0 Å². The lowest BCUT2D eigenvalue weighted by Crippen LogP contribution is -2.49. The number of anilines is 1. The van der Waals surface area contributed by atoms with E-state index in [-0.39, 0.29) is 6.10 Å². The number of morpholine rings is 1. The average molecular weight is 294 g/mol. The molecule has 5 heteroatoms. The third-order valence-electron chi connectivity index (χ3n) is 3.72. The Hall–Kier alpha value is -1.33. The van der Waals surface area contributed by atoms with Crippen LogP contribution in [0.4, 0.5) is 5.69 Å². The van der Waals surface area contributed by atoms with Gasteiger partial charge in [0.15, 0.2) is 0 Å². The van der Waals surface area contributed by atoms with Crippen LogP contribution in [0.1, 0.15) is 25.8 Å². The number of benzene rings is 1. The highest BCUT2D eigenvalue weighted by Crippen LogP contribution is 2.30. The Bertz CT molecular complexity index is 493. The molecule has 2 N–H and O–H groups in total. The SMILES string of the molecule is CCC1COC(C)CN1c1cc(OC)ccc1C(N)=S. The van der Waals surface area contributed by atoms with Gasteiger partial charge in [0.05, 0.1) is 31.5 Å². The Balaban J connectivity index is 2.44. The highest BCUT2D eigenvalue weighted by Gasteiger charge is 2.28. The summed E-state index contributed by atoms with van der Waals surface area (Å²) in [6, 6.07) is 6.17. The summed E-state index contributed by atoms with van der Waals surface area (Å²) in [4.78, 5) is 2.75. The van der Waals surface area contributed by atoms with Gasteiger partial charge in [-0.15, -0.1) is 0 Å². The van der Waals surface area contributed by atoms with Crippen molar-refractivity contribution in [3.63, 3.8) is 0 Å². The van der Waals surface area contributed by atoms with Crippen LogP contribution in [0.2, 0.25) is 0 Å². The zero-order chi connectivity index (χ0) is 14.7. The van der Waals surface area contributed by atoms with Gasteiger partial charge in [-0.05, 0) is 25.5 Å². The zero-order valence-electron chi connectivity index (χ0n) is 12.3. The van der Waals surface area contributed by atoms with E-state index in [2.05, 4.69) is 18.7 Å².